The summed E-state index contributed by atoms with van der Waals surface area (Å²) < 4.78 is 0. The van der Waals surface area contributed by atoms with Gasteiger partial charge in [-0.3, -0.25) is 14.6 Å². The molecule has 2 aromatic heterocycles. The fraction of sp³-hybridized carbons (Fsp3) is 0.176. The van der Waals surface area contributed by atoms with Crippen molar-refractivity contribution < 1.29 is 9.59 Å². The molecule has 0 saturated heterocycles. The fourth-order valence-electron chi connectivity index (χ4n) is 2.53. The Morgan fingerprint density at radius 1 is 1.29 bits per heavy atom. The van der Waals surface area contributed by atoms with Gasteiger partial charge >= 0.3 is 0 Å². The number of hydrogen-bond donors (Lipinski definition) is 0. The summed E-state index contributed by atoms with van der Waals surface area (Å²) in [4.78, 5) is 32.3. The summed E-state index contributed by atoms with van der Waals surface area (Å²) in [5.74, 6) is -0.177. The Morgan fingerprint density at radius 2 is 2.10 bits per heavy atom. The van der Waals surface area contributed by atoms with Gasteiger partial charge < -0.3 is 0 Å². The zero-order valence-corrected chi connectivity index (χ0v) is 11.6. The van der Waals surface area contributed by atoms with Crippen LogP contribution in [0.3, 0.4) is 0 Å². The molecule has 1 aliphatic rings. The number of rotatable bonds is 3. The lowest BCUT2D eigenvalue weighted by Crippen LogP contribution is -2.21. The zero-order valence-electron chi connectivity index (χ0n) is 11.6. The third-order valence-corrected chi connectivity index (χ3v) is 3.74. The maximum absolute atomic E-state index is 12.6. The van der Waals surface area contributed by atoms with E-state index >= 15 is 0 Å². The van der Waals surface area contributed by atoms with Crippen molar-refractivity contribution in [3.05, 3.63) is 60.1 Å². The quantitative estimate of drug-likeness (QED) is 0.639. The lowest BCUT2D eigenvalue weighted by atomic mass is 9.85. The molecule has 0 fully saturated rings. The molecule has 1 aliphatic carbocycles. The molecular formula is C17H14N2O2. The van der Waals surface area contributed by atoms with Gasteiger partial charge in [-0.2, -0.15) is 0 Å². The minimum Gasteiger partial charge on any atom is -0.298 e. The summed E-state index contributed by atoms with van der Waals surface area (Å²) in [6.45, 7) is 1.99. The number of aromatic nitrogens is 2. The van der Waals surface area contributed by atoms with E-state index in [2.05, 4.69) is 9.97 Å². The van der Waals surface area contributed by atoms with E-state index in [9.17, 15) is 9.59 Å². The van der Waals surface area contributed by atoms with Crippen LogP contribution in [0.1, 0.15) is 27.8 Å². The SMILES string of the molecule is C[C@H]1C=CC=C[C@H]1C(=O)c1cc(C=O)c2cnccc2n1. The molecular weight excluding hydrogens is 264 g/mol. The number of pyridine rings is 2. The van der Waals surface area contributed by atoms with Crippen LogP contribution in [0.2, 0.25) is 0 Å². The van der Waals surface area contributed by atoms with E-state index in [1.807, 2.05) is 31.2 Å². The van der Waals surface area contributed by atoms with Crippen molar-refractivity contribution in [1.29, 1.82) is 0 Å². The molecule has 2 aromatic rings. The van der Waals surface area contributed by atoms with Crippen molar-refractivity contribution in [2.24, 2.45) is 11.8 Å². The van der Waals surface area contributed by atoms with Gasteiger partial charge in [-0.25, -0.2) is 4.98 Å². The summed E-state index contributed by atoms with van der Waals surface area (Å²) >= 11 is 0. The zero-order chi connectivity index (χ0) is 14.8. The van der Waals surface area contributed by atoms with Gasteiger partial charge in [-0.05, 0) is 18.1 Å². The highest BCUT2D eigenvalue weighted by molar-refractivity contribution is 6.03. The van der Waals surface area contributed by atoms with E-state index in [-0.39, 0.29) is 17.6 Å². The van der Waals surface area contributed by atoms with Crippen LogP contribution in [0.4, 0.5) is 0 Å². The number of carbonyl (C=O) groups excluding carboxylic acids is 2. The number of allylic oxidation sites excluding steroid dienone is 4. The molecule has 0 aliphatic heterocycles. The van der Waals surface area contributed by atoms with E-state index in [4.69, 9.17) is 0 Å². The van der Waals surface area contributed by atoms with Crippen LogP contribution >= 0.6 is 0 Å². The normalized spacial score (nSPS) is 20.6. The second-order valence-corrected chi connectivity index (χ2v) is 5.13. The highest BCUT2D eigenvalue weighted by Gasteiger charge is 2.25. The fourth-order valence-corrected chi connectivity index (χ4v) is 2.53. The second kappa shape index (κ2) is 5.40. The molecule has 4 nitrogen and oxygen atoms in total. The Labute approximate surface area is 122 Å². The Bertz CT molecular complexity index is 777. The topological polar surface area (TPSA) is 59.9 Å². The average Bonchev–Trinajstić information content (AvgIpc) is 2.53. The number of Topliss-reactive ketones (excluding diaryl/α,β-unsaturated/α-hetero) is 1. The third kappa shape index (κ3) is 2.40. The van der Waals surface area contributed by atoms with Gasteiger partial charge in [0.25, 0.3) is 0 Å². The van der Waals surface area contributed by atoms with Crippen LogP contribution in [0.5, 0.6) is 0 Å². The molecule has 0 spiro atoms. The number of aldehydes is 1. The number of carbonyl (C=O) groups is 2. The van der Waals surface area contributed by atoms with Crippen LogP contribution in [0, 0.1) is 11.8 Å². The Hall–Kier alpha value is -2.62. The standard InChI is InChI=1S/C17H14N2O2/c1-11-4-2-3-5-13(11)17(21)16-8-12(10-20)14-9-18-7-6-15(14)19-16/h2-11,13H,1H3/t11-,13+/m0/s1. The molecule has 2 heterocycles. The second-order valence-electron chi connectivity index (χ2n) is 5.13. The van der Waals surface area contributed by atoms with Crippen molar-refractivity contribution in [1.82, 2.24) is 9.97 Å². The summed E-state index contributed by atoms with van der Waals surface area (Å²) in [7, 11) is 0. The van der Waals surface area contributed by atoms with Gasteiger partial charge in [0.1, 0.15) is 5.69 Å². The van der Waals surface area contributed by atoms with Crippen molar-refractivity contribution in [3.8, 4) is 0 Å². The third-order valence-electron chi connectivity index (χ3n) is 3.74. The highest BCUT2D eigenvalue weighted by atomic mass is 16.1. The summed E-state index contributed by atoms with van der Waals surface area (Å²) in [5.41, 5.74) is 1.38. The minimum absolute atomic E-state index is 0.0649. The van der Waals surface area contributed by atoms with Crippen LogP contribution < -0.4 is 0 Å². The first-order valence-electron chi connectivity index (χ1n) is 6.80. The number of nitrogens with zero attached hydrogens (tertiary/aromatic N) is 2. The minimum atomic E-state index is -0.235. The largest absolute Gasteiger partial charge is 0.298 e. The molecule has 0 amide bonds. The van der Waals surface area contributed by atoms with Gasteiger partial charge in [-0.15, -0.1) is 0 Å². The Morgan fingerprint density at radius 3 is 2.86 bits per heavy atom. The number of fused-ring (bicyclic) bond motifs is 1. The van der Waals surface area contributed by atoms with Crippen LogP contribution in [-0.2, 0) is 0 Å². The summed E-state index contributed by atoms with van der Waals surface area (Å²) in [6, 6.07) is 3.26. The molecule has 0 unspecified atom stereocenters. The molecule has 0 N–H and O–H groups in total. The Balaban J connectivity index is 2.08. The first-order chi connectivity index (χ1) is 10.2. The van der Waals surface area contributed by atoms with Gasteiger partial charge in [0.15, 0.2) is 12.1 Å². The van der Waals surface area contributed by atoms with E-state index < -0.39 is 0 Å². The van der Waals surface area contributed by atoms with Gasteiger partial charge in [0.2, 0.25) is 0 Å². The predicted octanol–water partition coefficient (Wildman–Crippen LogP) is 3.00. The van der Waals surface area contributed by atoms with Crippen LogP contribution in [0.25, 0.3) is 10.9 Å². The van der Waals surface area contributed by atoms with Gasteiger partial charge in [0, 0.05) is 29.3 Å². The van der Waals surface area contributed by atoms with Crippen molar-refractivity contribution in [2.45, 2.75) is 6.92 Å². The van der Waals surface area contributed by atoms with Gasteiger partial charge in [-0.1, -0.05) is 31.2 Å². The van der Waals surface area contributed by atoms with Gasteiger partial charge in [0.05, 0.1) is 5.52 Å². The molecule has 3 rings (SSSR count). The van der Waals surface area contributed by atoms with E-state index in [1.165, 1.54) is 0 Å². The molecule has 0 saturated carbocycles. The molecule has 0 bridgehead atoms. The molecule has 2 atom stereocenters. The van der Waals surface area contributed by atoms with E-state index in [0.717, 1.165) is 6.29 Å². The number of hydrogen-bond acceptors (Lipinski definition) is 4. The predicted molar refractivity (Wildman–Crippen MR) is 80.2 cm³/mol. The summed E-state index contributed by atoms with van der Waals surface area (Å²) in [5, 5.41) is 0.663. The van der Waals surface area contributed by atoms with Crippen LogP contribution in [-0.4, -0.2) is 22.0 Å². The monoisotopic (exact) mass is 278 g/mol. The molecule has 21 heavy (non-hydrogen) atoms. The van der Waals surface area contributed by atoms with E-state index in [0.29, 0.717) is 22.2 Å². The lowest BCUT2D eigenvalue weighted by molar-refractivity contribution is 0.0921. The maximum atomic E-state index is 12.6. The molecule has 0 aromatic carbocycles. The summed E-state index contributed by atoms with van der Waals surface area (Å²) in [6.07, 6.45) is 11.6. The maximum Gasteiger partial charge on any atom is 0.188 e. The van der Waals surface area contributed by atoms with Crippen LogP contribution in [0.15, 0.2) is 48.8 Å². The molecule has 104 valence electrons. The first-order valence-corrected chi connectivity index (χ1v) is 6.80. The van der Waals surface area contributed by atoms with Crippen molar-refractivity contribution >= 4 is 23.0 Å². The molecule has 4 heteroatoms. The van der Waals surface area contributed by atoms with E-state index in [1.54, 1.807) is 24.5 Å². The highest BCUT2D eigenvalue weighted by Crippen LogP contribution is 2.24. The number of ketones is 1. The van der Waals surface area contributed by atoms with Crippen molar-refractivity contribution in [3.63, 3.8) is 0 Å². The average molecular weight is 278 g/mol. The Kier molecular flexibility index (Phi) is 3.44. The molecule has 0 radical (unpaired) electrons. The lowest BCUT2D eigenvalue weighted by Gasteiger charge is -2.19. The first kappa shape index (κ1) is 13.4. The smallest absolute Gasteiger partial charge is 0.188 e. The van der Waals surface area contributed by atoms with Crippen molar-refractivity contribution in [2.75, 3.05) is 0 Å².